The average molecular weight is 375 g/mol. The molecular formula is C14H19BrN2O3S. The zero-order chi connectivity index (χ0) is 15.0. The van der Waals surface area contributed by atoms with Gasteiger partial charge in [-0.2, -0.15) is 4.31 Å². The van der Waals surface area contributed by atoms with Gasteiger partial charge in [0, 0.05) is 24.1 Å². The fourth-order valence-electron chi connectivity index (χ4n) is 2.97. The number of morpholine rings is 1. The van der Waals surface area contributed by atoms with Gasteiger partial charge in [0.15, 0.2) is 0 Å². The zero-order valence-corrected chi connectivity index (χ0v) is 14.3. The van der Waals surface area contributed by atoms with Gasteiger partial charge in [0.05, 0.1) is 17.1 Å². The van der Waals surface area contributed by atoms with Gasteiger partial charge >= 0.3 is 0 Å². The second kappa shape index (κ2) is 5.96. The maximum Gasteiger partial charge on any atom is 0.244 e. The largest absolute Gasteiger partial charge is 0.372 e. The summed E-state index contributed by atoms with van der Waals surface area (Å²) in [5, 5.41) is 3.04. The molecule has 2 aliphatic heterocycles. The van der Waals surface area contributed by atoms with Crippen molar-refractivity contribution in [3.05, 3.63) is 28.2 Å². The minimum absolute atomic E-state index is 0.0535. The highest BCUT2D eigenvalue weighted by Crippen LogP contribution is 2.32. The molecule has 5 nitrogen and oxygen atoms in total. The number of nitrogens with zero attached hydrogens (tertiary/aromatic N) is 1. The summed E-state index contributed by atoms with van der Waals surface area (Å²) in [5.41, 5.74) is 0.954. The van der Waals surface area contributed by atoms with Crippen LogP contribution in [0.15, 0.2) is 27.6 Å². The number of benzene rings is 1. The molecule has 2 unspecified atom stereocenters. The van der Waals surface area contributed by atoms with Gasteiger partial charge in [0.2, 0.25) is 10.0 Å². The molecule has 0 radical (unpaired) electrons. The quantitative estimate of drug-likeness (QED) is 0.871. The number of hydrogen-bond acceptors (Lipinski definition) is 4. The molecule has 0 saturated carbocycles. The molecule has 0 aromatic heterocycles. The van der Waals surface area contributed by atoms with E-state index in [1.807, 2.05) is 13.1 Å². The van der Waals surface area contributed by atoms with Crippen molar-refractivity contribution in [2.45, 2.75) is 36.5 Å². The van der Waals surface area contributed by atoms with Crippen molar-refractivity contribution in [2.24, 2.45) is 0 Å². The fraction of sp³-hybridized carbons (Fsp3) is 0.571. The van der Waals surface area contributed by atoms with Crippen LogP contribution in [0.25, 0.3) is 0 Å². The molecule has 1 aromatic carbocycles. The minimum atomic E-state index is -3.48. The van der Waals surface area contributed by atoms with Gasteiger partial charge in [-0.3, -0.25) is 0 Å². The van der Waals surface area contributed by atoms with Crippen LogP contribution in [0.5, 0.6) is 0 Å². The number of rotatable bonds is 4. The third-order valence-electron chi connectivity index (χ3n) is 4.00. The Hall–Kier alpha value is -0.470. The predicted molar refractivity (Wildman–Crippen MR) is 83.6 cm³/mol. The van der Waals surface area contributed by atoms with E-state index in [1.54, 1.807) is 16.4 Å². The lowest BCUT2D eigenvalue weighted by molar-refractivity contribution is -0.0114. The van der Waals surface area contributed by atoms with Crippen LogP contribution >= 0.6 is 15.9 Å². The lowest BCUT2D eigenvalue weighted by Crippen LogP contribution is -2.45. The third-order valence-corrected chi connectivity index (χ3v) is 6.83. The van der Waals surface area contributed by atoms with Gasteiger partial charge in [-0.25, -0.2) is 8.42 Å². The van der Waals surface area contributed by atoms with E-state index < -0.39 is 10.0 Å². The number of ether oxygens (including phenoxy) is 1. The number of fused-ring (bicyclic) bond motifs is 2. The molecule has 7 heteroatoms. The first-order valence-corrected chi connectivity index (χ1v) is 9.32. The number of sulfonamides is 1. The number of halogens is 1. The smallest absolute Gasteiger partial charge is 0.244 e. The Kier molecular flexibility index (Phi) is 4.38. The Morgan fingerprint density at radius 3 is 2.62 bits per heavy atom. The zero-order valence-electron chi connectivity index (χ0n) is 11.9. The topological polar surface area (TPSA) is 58.6 Å². The van der Waals surface area contributed by atoms with Gasteiger partial charge in [0.25, 0.3) is 0 Å². The van der Waals surface area contributed by atoms with Crippen molar-refractivity contribution in [3.63, 3.8) is 0 Å². The molecule has 2 fully saturated rings. The monoisotopic (exact) mass is 374 g/mol. The van der Waals surface area contributed by atoms with E-state index in [-0.39, 0.29) is 12.2 Å². The normalized spacial score (nSPS) is 26.2. The van der Waals surface area contributed by atoms with Crippen molar-refractivity contribution in [3.8, 4) is 0 Å². The van der Waals surface area contributed by atoms with Gasteiger partial charge in [-0.05, 0) is 53.5 Å². The first kappa shape index (κ1) is 15.4. The maximum atomic E-state index is 12.9. The Bertz CT molecular complexity index is 623. The molecule has 0 amide bonds. The molecule has 2 aliphatic rings. The van der Waals surface area contributed by atoms with Crippen molar-refractivity contribution >= 4 is 26.0 Å². The molecule has 2 heterocycles. The van der Waals surface area contributed by atoms with E-state index in [9.17, 15) is 8.42 Å². The van der Waals surface area contributed by atoms with Gasteiger partial charge in [-0.1, -0.05) is 6.07 Å². The number of nitrogens with one attached hydrogen (secondary N) is 1. The van der Waals surface area contributed by atoms with E-state index in [4.69, 9.17) is 4.74 Å². The molecule has 0 spiro atoms. The lowest BCUT2D eigenvalue weighted by Gasteiger charge is -2.31. The predicted octanol–water partition coefficient (Wildman–Crippen LogP) is 1.72. The Morgan fingerprint density at radius 2 is 2.00 bits per heavy atom. The Labute approximate surface area is 133 Å². The summed E-state index contributed by atoms with van der Waals surface area (Å²) in [6.07, 6.45) is 2.02. The highest BCUT2D eigenvalue weighted by molar-refractivity contribution is 9.10. The molecule has 116 valence electrons. The van der Waals surface area contributed by atoms with Crippen LogP contribution in [-0.2, 0) is 21.3 Å². The average Bonchev–Trinajstić information content (AvgIpc) is 2.79. The van der Waals surface area contributed by atoms with Crippen molar-refractivity contribution < 1.29 is 13.2 Å². The Morgan fingerprint density at radius 1 is 1.33 bits per heavy atom. The van der Waals surface area contributed by atoms with Crippen LogP contribution in [0.2, 0.25) is 0 Å². The van der Waals surface area contributed by atoms with Crippen LogP contribution in [0.1, 0.15) is 18.4 Å². The van der Waals surface area contributed by atoms with E-state index >= 15 is 0 Å². The van der Waals surface area contributed by atoms with Crippen molar-refractivity contribution in [1.82, 2.24) is 9.62 Å². The summed E-state index contributed by atoms with van der Waals surface area (Å²) in [4.78, 5) is 0.344. The van der Waals surface area contributed by atoms with Gasteiger partial charge in [0.1, 0.15) is 0 Å². The molecule has 2 saturated heterocycles. The summed E-state index contributed by atoms with van der Waals surface area (Å²) in [6, 6.07) is 5.46. The minimum Gasteiger partial charge on any atom is -0.372 e. The summed E-state index contributed by atoms with van der Waals surface area (Å²) in [7, 11) is -1.64. The lowest BCUT2D eigenvalue weighted by atomic mass is 10.2. The summed E-state index contributed by atoms with van der Waals surface area (Å²) >= 11 is 3.37. The summed E-state index contributed by atoms with van der Waals surface area (Å²) in [6.45, 7) is 1.56. The molecule has 2 bridgehead atoms. The Balaban J connectivity index is 1.92. The van der Waals surface area contributed by atoms with E-state index in [1.165, 1.54) is 0 Å². The molecule has 0 aliphatic carbocycles. The molecule has 21 heavy (non-hydrogen) atoms. The maximum absolute atomic E-state index is 12.9. The van der Waals surface area contributed by atoms with Crippen molar-refractivity contribution in [2.75, 3.05) is 20.1 Å². The molecular weight excluding hydrogens is 356 g/mol. The molecule has 2 atom stereocenters. The molecule has 1 aromatic rings. The van der Waals surface area contributed by atoms with Gasteiger partial charge < -0.3 is 10.1 Å². The summed E-state index contributed by atoms with van der Waals surface area (Å²) < 4.78 is 33.7. The van der Waals surface area contributed by atoms with E-state index in [0.29, 0.717) is 29.0 Å². The van der Waals surface area contributed by atoms with Crippen molar-refractivity contribution in [1.29, 1.82) is 0 Å². The number of hydrogen-bond donors (Lipinski definition) is 1. The highest BCUT2D eigenvalue weighted by Gasteiger charge is 2.39. The first-order valence-electron chi connectivity index (χ1n) is 7.09. The SMILES string of the molecule is CNCc1ccc(Br)c(S(=O)(=O)N2CC3CCC(C2)O3)c1. The standard InChI is InChI=1S/C14H19BrN2O3S/c1-16-7-10-2-5-13(15)14(6-10)21(18,19)17-8-11-3-4-12(9-17)20-11/h2,5-6,11-12,16H,3-4,7-9H2,1H3. The van der Waals surface area contributed by atoms with E-state index in [2.05, 4.69) is 21.2 Å². The summed E-state index contributed by atoms with van der Waals surface area (Å²) in [5.74, 6) is 0. The van der Waals surface area contributed by atoms with Crippen LogP contribution in [0.3, 0.4) is 0 Å². The molecule has 1 N–H and O–H groups in total. The van der Waals surface area contributed by atoms with Crippen LogP contribution in [0, 0.1) is 0 Å². The van der Waals surface area contributed by atoms with E-state index in [0.717, 1.165) is 18.4 Å². The first-order chi connectivity index (χ1) is 10.0. The van der Waals surface area contributed by atoms with Crippen LogP contribution in [0.4, 0.5) is 0 Å². The third kappa shape index (κ3) is 3.03. The second-order valence-corrected chi connectivity index (χ2v) is 8.34. The van der Waals surface area contributed by atoms with Gasteiger partial charge in [-0.15, -0.1) is 0 Å². The second-order valence-electron chi connectivity index (χ2n) is 5.57. The van der Waals surface area contributed by atoms with Crippen LogP contribution in [-0.4, -0.2) is 45.1 Å². The fourth-order valence-corrected chi connectivity index (χ4v) is 5.45. The molecule has 3 rings (SSSR count). The highest BCUT2D eigenvalue weighted by atomic mass is 79.9. The van der Waals surface area contributed by atoms with Crippen LogP contribution < -0.4 is 5.32 Å².